The monoisotopic (exact) mass is 478 g/mol. The first-order chi connectivity index (χ1) is 13.0. The first kappa shape index (κ1) is 19.3. The van der Waals surface area contributed by atoms with Gasteiger partial charge < -0.3 is 9.62 Å². The predicted octanol–water partition coefficient (Wildman–Crippen LogP) is 7.17. The summed E-state index contributed by atoms with van der Waals surface area (Å²) in [5, 5.41) is 0.884. The second kappa shape index (κ2) is 8.18. The summed E-state index contributed by atoms with van der Waals surface area (Å²) in [5.74, 6) is 0.332. The molecule has 0 radical (unpaired) electrons. The number of nitrogens with one attached hydrogen (secondary N) is 1. The quantitative estimate of drug-likeness (QED) is 0.399. The van der Waals surface area contributed by atoms with Crippen molar-refractivity contribution in [2.24, 2.45) is 0 Å². The molecule has 0 fully saturated rings. The number of fused-ring (bicyclic) bond motifs is 1. The van der Waals surface area contributed by atoms with E-state index in [0.717, 1.165) is 27.6 Å². The molecule has 0 saturated heterocycles. The molecule has 1 unspecified atom stereocenters. The molecule has 140 valence electrons. The molecule has 2 heterocycles. The van der Waals surface area contributed by atoms with Gasteiger partial charge in [-0.15, -0.1) is 11.3 Å². The molecule has 0 aliphatic carbocycles. The van der Waals surface area contributed by atoms with Crippen LogP contribution in [0.15, 0.2) is 56.5 Å². The van der Waals surface area contributed by atoms with Crippen molar-refractivity contribution in [1.29, 1.82) is 0 Å². The molecular formula is C21H20BrClN2S2. The summed E-state index contributed by atoms with van der Waals surface area (Å²) in [6.45, 7) is 4.03. The molecule has 0 spiro atoms. The van der Waals surface area contributed by atoms with Crippen molar-refractivity contribution in [3.05, 3.63) is 79.6 Å². The topological polar surface area (TPSA) is 15.3 Å². The van der Waals surface area contributed by atoms with Crippen molar-refractivity contribution < 1.29 is 0 Å². The third kappa shape index (κ3) is 4.38. The zero-order valence-electron chi connectivity index (χ0n) is 15.1. The lowest BCUT2D eigenvalue weighted by Gasteiger charge is -2.33. The Morgan fingerprint density at radius 1 is 1.22 bits per heavy atom. The van der Waals surface area contributed by atoms with Crippen molar-refractivity contribution in [1.82, 2.24) is 4.90 Å². The largest absolute Gasteiger partial charge is 0.325 e. The van der Waals surface area contributed by atoms with Gasteiger partial charge in [0, 0.05) is 29.7 Å². The van der Waals surface area contributed by atoms with Gasteiger partial charge in [0.2, 0.25) is 0 Å². The van der Waals surface area contributed by atoms with Crippen LogP contribution in [-0.4, -0.2) is 18.5 Å². The Morgan fingerprint density at radius 3 is 2.85 bits per heavy atom. The average Bonchev–Trinajstić information content (AvgIpc) is 3.06. The van der Waals surface area contributed by atoms with E-state index in [0.29, 0.717) is 5.92 Å². The molecule has 1 aliphatic heterocycles. The van der Waals surface area contributed by atoms with Crippen LogP contribution in [0.3, 0.4) is 0 Å². The van der Waals surface area contributed by atoms with Gasteiger partial charge in [-0.3, -0.25) is 0 Å². The maximum Gasteiger partial charge on any atom is 0.0820 e. The van der Waals surface area contributed by atoms with Crippen LogP contribution in [0.5, 0.6) is 0 Å². The Kier molecular flexibility index (Phi) is 5.86. The van der Waals surface area contributed by atoms with Crippen LogP contribution in [0.4, 0.5) is 5.69 Å². The lowest BCUT2D eigenvalue weighted by atomic mass is 9.84. The standard InChI is InChI=1S/C21H20BrClN2S2/c1-13-8-16-17(11-25(2)12-18(16)19(23)9-13)14-4-3-5-15(10-14)24-27-21-7-6-20(22)26-21/h3-10,17,24H,11-12H2,1-2H3. The van der Waals surface area contributed by atoms with Gasteiger partial charge in [-0.2, -0.15) is 0 Å². The van der Waals surface area contributed by atoms with E-state index < -0.39 is 0 Å². The summed E-state index contributed by atoms with van der Waals surface area (Å²) < 4.78 is 5.86. The minimum absolute atomic E-state index is 0.332. The molecule has 1 atom stereocenters. The van der Waals surface area contributed by atoms with E-state index >= 15 is 0 Å². The number of thiophene rings is 1. The number of likely N-dealkylation sites (N-methyl/N-ethyl adjacent to an activating group) is 1. The molecule has 1 aliphatic rings. The third-order valence-electron chi connectivity index (χ3n) is 4.78. The summed E-state index contributed by atoms with van der Waals surface area (Å²) in [5.41, 5.74) is 6.29. The van der Waals surface area contributed by atoms with Crippen LogP contribution in [0.25, 0.3) is 0 Å². The van der Waals surface area contributed by atoms with Crippen LogP contribution in [0.2, 0.25) is 5.02 Å². The summed E-state index contributed by atoms with van der Waals surface area (Å²) >= 11 is 13.5. The highest BCUT2D eigenvalue weighted by atomic mass is 79.9. The number of hydrogen-bond acceptors (Lipinski definition) is 4. The molecule has 6 heteroatoms. The predicted molar refractivity (Wildman–Crippen MR) is 122 cm³/mol. The van der Waals surface area contributed by atoms with Gasteiger partial charge in [0.05, 0.1) is 8.00 Å². The Balaban J connectivity index is 1.62. The Labute approximate surface area is 182 Å². The van der Waals surface area contributed by atoms with Gasteiger partial charge in [-0.25, -0.2) is 0 Å². The molecule has 0 saturated carbocycles. The third-order valence-corrected chi connectivity index (χ3v) is 7.71. The van der Waals surface area contributed by atoms with Gasteiger partial charge >= 0.3 is 0 Å². The second-order valence-electron chi connectivity index (χ2n) is 6.95. The van der Waals surface area contributed by atoms with Crippen molar-refractivity contribution in [2.45, 2.75) is 23.6 Å². The van der Waals surface area contributed by atoms with Crippen LogP contribution in [-0.2, 0) is 6.54 Å². The van der Waals surface area contributed by atoms with E-state index in [4.69, 9.17) is 11.6 Å². The average molecular weight is 480 g/mol. The van der Waals surface area contributed by atoms with Crippen LogP contribution < -0.4 is 4.72 Å². The molecule has 3 aromatic rings. The van der Waals surface area contributed by atoms with Crippen molar-refractivity contribution >= 4 is 56.5 Å². The summed E-state index contributed by atoms with van der Waals surface area (Å²) in [7, 11) is 2.17. The Bertz CT molecular complexity index is 973. The maximum atomic E-state index is 6.57. The Hall–Kier alpha value is -0.980. The van der Waals surface area contributed by atoms with E-state index in [1.807, 2.05) is 0 Å². The number of aryl methyl sites for hydroxylation is 1. The van der Waals surface area contributed by atoms with E-state index in [-0.39, 0.29) is 0 Å². The second-order valence-corrected chi connectivity index (χ2v) is 10.9. The van der Waals surface area contributed by atoms with E-state index in [1.54, 1.807) is 23.3 Å². The summed E-state index contributed by atoms with van der Waals surface area (Å²) in [6.07, 6.45) is 0. The van der Waals surface area contributed by atoms with Crippen LogP contribution >= 0.6 is 50.8 Å². The normalized spacial score (nSPS) is 17.0. The van der Waals surface area contributed by atoms with Gasteiger partial charge in [-0.05, 0) is 94.4 Å². The fourth-order valence-corrected chi connectivity index (χ4v) is 6.41. The van der Waals surface area contributed by atoms with E-state index in [9.17, 15) is 0 Å². The molecule has 2 aromatic carbocycles. The molecule has 0 bridgehead atoms. The van der Waals surface area contributed by atoms with Crippen molar-refractivity contribution in [3.8, 4) is 0 Å². The fraction of sp³-hybridized carbons (Fsp3) is 0.238. The van der Waals surface area contributed by atoms with Crippen LogP contribution in [0, 0.1) is 6.92 Å². The number of hydrogen-bond donors (Lipinski definition) is 1. The highest BCUT2D eigenvalue weighted by Crippen LogP contribution is 2.38. The smallest absolute Gasteiger partial charge is 0.0820 e. The van der Waals surface area contributed by atoms with Gasteiger partial charge in [0.25, 0.3) is 0 Å². The molecular weight excluding hydrogens is 460 g/mol. The maximum absolute atomic E-state index is 6.57. The molecule has 27 heavy (non-hydrogen) atoms. The first-order valence-electron chi connectivity index (χ1n) is 8.75. The van der Waals surface area contributed by atoms with Gasteiger partial charge in [0.1, 0.15) is 0 Å². The first-order valence-corrected chi connectivity index (χ1v) is 11.6. The number of nitrogens with zero attached hydrogens (tertiary/aromatic N) is 1. The molecule has 1 N–H and O–H groups in total. The minimum Gasteiger partial charge on any atom is -0.325 e. The molecule has 2 nitrogen and oxygen atoms in total. The zero-order valence-corrected chi connectivity index (χ0v) is 19.1. The summed E-state index contributed by atoms with van der Waals surface area (Å²) in [6, 6.07) is 17.3. The van der Waals surface area contributed by atoms with E-state index in [2.05, 4.69) is 88.1 Å². The number of anilines is 1. The highest BCUT2D eigenvalue weighted by Gasteiger charge is 2.26. The van der Waals surface area contributed by atoms with Crippen molar-refractivity contribution in [3.63, 3.8) is 0 Å². The number of halogens is 2. The number of rotatable bonds is 4. The van der Waals surface area contributed by atoms with Crippen LogP contribution in [0.1, 0.15) is 28.2 Å². The number of benzene rings is 2. The molecule has 1 aromatic heterocycles. The molecule has 0 amide bonds. The SMILES string of the molecule is Cc1cc(Cl)c2c(c1)C(c1cccc(NSc3ccc(Br)s3)c1)CN(C)C2. The van der Waals surface area contributed by atoms with Gasteiger partial charge in [0.15, 0.2) is 0 Å². The minimum atomic E-state index is 0.332. The van der Waals surface area contributed by atoms with E-state index in [1.165, 1.54) is 26.5 Å². The van der Waals surface area contributed by atoms with Gasteiger partial charge in [-0.1, -0.05) is 29.8 Å². The lowest BCUT2D eigenvalue weighted by Crippen LogP contribution is -2.31. The zero-order chi connectivity index (χ0) is 19.0. The summed E-state index contributed by atoms with van der Waals surface area (Å²) in [4.78, 5) is 2.35. The lowest BCUT2D eigenvalue weighted by molar-refractivity contribution is 0.295. The van der Waals surface area contributed by atoms with Crippen molar-refractivity contribution in [2.75, 3.05) is 18.3 Å². The Morgan fingerprint density at radius 2 is 2.07 bits per heavy atom. The highest BCUT2D eigenvalue weighted by molar-refractivity contribution is 9.11. The molecule has 4 rings (SSSR count). The fourth-order valence-electron chi connectivity index (χ4n) is 3.59.